The average Bonchev–Trinajstić information content (AvgIpc) is 3.31. The summed E-state index contributed by atoms with van der Waals surface area (Å²) in [5.41, 5.74) is 4.99. The van der Waals surface area contributed by atoms with Crippen molar-refractivity contribution in [2.45, 2.75) is 13.5 Å². The first kappa shape index (κ1) is 22.3. The molecule has 6 heteroatoms. The summed E-state index contributed by atoms with van der Waals surface area (Å²) in [6.45, 7) is 2.58. The van der Waals surface area contributed by atoms with Crippen molar-refractivity contribution >= 4 is 28.5 Å². The summed E-state index contributed by atoms with van der Waals surface area (Å²) in [5.74, 6) is 1.31. The van der Waals surface area contributed by atoms with E-state index in [0.29, 0.717) is 11.7 Å². The van der Waals surface area contributed by atoms with Crippen LogP contribution >= 0.6 is 11.3 Å². The molecule has 0 spiro atoms. The first-order chi connectivity index (χ1) is 16.1. The van der Waals surface area contributed by atoms with E-state index in [0.717, 1.165) is 33.9 Å². The quantitative estimate of drug-likeness (QED) is 0.314. The third-order valence-corrected chi connectivity index (χ3v) is 5.69. The van der Waals surface area contributed by atoms with Gasteiger partial charge >= 0.3 is 0 Å². The topological polar surface area (TPSA) is 60.5 Å². The standard InChI is InChI=1S/C27H24N2O3S/c1-19-6-8-21(9-7-19)17-32-23-13-10-20(11-14-23)12-15-26(30)29-27-28-25(18-33-27)22-4-3-5-24(16-22)31-2/h3-16,18H,17H2,1-2H3,(H,28,29,30). The largest absolute Gasteiger partial charge is 0.497 e. The SMILES string of the molecule is COc1cccc(-c2csc(NC(=O)C=Cc3ccc(OCc4ccc(C)cc4)cc3)n2)c1. The summed E-state index contributed by atoms with van der Waals surface area (Å²) in [5, 5.41) is 5.26. The molecule has 0 saturated carbocycles. The monoisotopic (exact) mass is 456 g/mol. The molecule has 166 valence electrons. The van der Waals surface area contributed by atoms with E-state index in [2.05, 4.69) is 41.5 Å². The number of hydrogen-bond acceptors (Lipinski definition) is 5. The number of hydrogen-bond donors (Lipinski definition) is 1. The first-order valence-corrected chi connectivity index (χ1v) is 11.3. The fraction of sp³-hybridized carbons (Fsp3) is 0.111. The highest BCUT2D eigenvalue weighted by atomic mass is 32.1. The molecule has 0 atom stereocenters. The number of methoxy groups -OCH3 is 1. The molecule has 0 unspecified atom stereocenters. The molecular weight excluding hydrogens is 432 g/mol. The molecule has 0 aliphatic carbocycles. The van der Waals surface area contributed by atoms with Gasteiger partial charge in [0.2, 0.25) is 5.91 Å². The van der Waals surface area contributed by atoms with E-state index in [-0.39, 0.29) is 5.91 Å². The number of carbonyl (C=O) groups is 1. The van der Waals surface area contributed by atoms with E-state index in [1.54, 1.807) is 13.2 Å². The molecular formula is C27H24N2O3S. The lowest BCUT2D eigenvalue weighted by Crippen LogP contribution is -2.07. The van der Waals surface area contributed by atoms with Crippen LogP contribution in [-0.4, -0.2) is 18.0 Å². The Hall–Kier alpha value is -3.90. The third-order valence-electron chi connectivity index (χ3n) is 4.93. The molecule has 0 fully saturated rings. The number of anilines is 1. The van der Waals surface area contributed by atoms with Gasteiger partial charge < -0.3 is 9.47 Å². The number of ether oxygens (including phenoxy) is 2. The van der Waals surface area contributed by atoms with Gasteiger partial charge in [0.25, 0.3) is 0 Å². The lowest BCUT2D eigenvalue weighted by molar-refractivity contribution is -0.111. The van der Waals surface area contributed by atoms with Gasteiger partial charge in [0, 0.05) is 17.0 Å². The van der Waals surface area contributed by atoms with Crippen LogP contribution in [0.5, 0.6) is 11.5 Å². The molecule has 4 rings (SSSR count). The number of carbonyl (C=O) groups excluding carboxylic acids is 1. The van der Waals surface area contributed by atoms with E-state index < -0.39 is 0 Å². The first-order valence-electron chi connectivity index (χ1n) is 10.5. The fourth-order valence-corrected chi connectivity index (χ4v) is 3.81. The Morgan fingerprint density at radius 2 is 1.82 bits per heavy atom. The lowest BCUT2D eigenvalue weighted by Gasteiger charge is -2.07. The lowest BCUT2D eigenvalue weighted by atomic mass is 10.1. The predicted octanol–water partition coefficient (Wildman–Crippen LogP) is 6.36. The summed E-state index contributed by atoms with van der Waals surface area (Å²) < 4.78 is 11.1. The second-order valence-corrected chi connectivity index (χ2v) is 8.29. The number of rotatable bonds is 8. The van der Waals surface area contributed by atoms with E-state index in [1.807, 2.05) is 53.9 Å². The Bertz CT molecular complexity index is 1250. The second kappa shape index (κ2) is 10.6. The Kier molecular flexibility index (Phi) is 7.17. The van der Waals surface area contributed by atoms with Gasteiger partial charge in [0.05, 0.1) is 12.8 Å². The van der Waals surface area contributed by atoms with Crippen molar-refractivity contribution in [1.29, 1.82) is 0 Å². The smallest absolute Gasteiger partial charge is 0.250 e. The van der Waals surface area contributed by atoms with Crippen LogP contribution in [0.3, 0.4) is 0 Å². The van der Waals surface area contributed by atoms with Crippen molar-refractivity contribution in [2.75, 3.05) is 12.4 Å². The zero-order valence-corrected chi connectivity index (χ0v) is 19.3. The Morgan fingerprint density at radius 3 is 2.58 bits per heavy atom. The Morgan fingerprint density at radius 1 is 1.03 bits per heavy atom. The summed E-state index contributed by atoms with van der Waals surface area (Å²) in [6, 6.07) is 23.6. The van der Waals surface area contributed by atoms with Crippen molar-refractivity contribution < 1.29 is 14.3 Å². The van der Waals surface area contributed by atoms with Gasteiger partial charge in [0.15, 0.2) is 5.13 Å². The van der Waals surface area contributed by atoms with Gasteiger partial charge in [0.1, 0.15) is 18.1 Å². The summed E-state index contributed by atoms with van der Waals surface area (Å²) in [4.78, 5) is 16.8. The van der Waals surface area contributed by atoms with E-state index in [1.165, 1.54) is 23.0 Å². The van der Waals surface area contributed by atoms with Crippen LogP contribution in [0.15, 0.2) is 84.3 Å². The maximum absolute atomic E-state index is 12.3. The van der Waals surface area contributed by atoms with Crippen LogP contribution in [0.4, 0.5) is 5.13 Å². The Balaban J connectivity index is 1.30. The summed E-state index contributed by atoms with van der Waals surface area (Å²) in [6.07, 6.45) is 3.25. The minimum atomic E-state index is -0.235. The number of nitrogens with one attached hydrogen (secondary N) is 1. The molecule has 0 aliphatic rings. The highest BCUT2D eigenvalue weighted by Crippen LogP contribution is 2.27. The molecule has 4 aromatic rings. The molecule has 0 aliphatic heterocycles. The maximum Gasteiger partial charge on any atom is 0.250 e. The van der Waals surface area contributed by atoms with Gasteiger partial charge in [-0.15, -0.1) is 11.3 Å². The zero-order chi connectivity index (χ0) is 23.0. The predicted molar refractivity (Wildman–Crippen MR) is 134 cm³/mol. The Labute approximate surface area is 197 Å². The van der Waals surface area contributed by atoms with Crippen LogP contribution in [0.1, 0.15) is 16.7 Å². The third kappa shape index (κ3) is 6.30. The molecule has 0 radical (unpaired) electrons. The fourth-order valence-electron chi connectivity index (χ4n) is 3.09. The normalized spacial score (nSPS) is 10.8. The van der Waals surface area contributed by atoms with Gasteiger partial charge in [-0.05, 0) is 48.4 Å². The molecule has 0 bridgehead atoms. The van der Waals surface area contributed by atoms with Crippen molar-refractivity contribution in [2.24, 2.45) is 0 Å². The van der Waals surface area contributed by atoms with Crippen molar-refractivity contribution in [3.63, 3.8) is 0 Å². The van der Waals surface area contributed by atoms with Crippen LogP contribution in [-0.2, 0) is 11.4 Å². The number of nitrogens with zero attached hydrogens (tertiary/aromatic N) is 1. The average molecular weight is 457 g/mol. The molecule has 33 heavy (non-hydrogen) atoms. The van der Waals surface area contributed by atoms with Crippen LogP contribution in [0.2, 0.25) is 0 Å². The van der Waals surface area contributed by atoms with E-state index in [9.17, 15) is 4.79 Å². The second-order valence-electron chi connectivity index (χ2n) is 7.44. The number of thiazole rings is 1. The number of amides is 1. The maximum atomic E-state index is 12.3. The highest BCUT2D eigenvalue weighted by molar-refractivity contribution is 7.14. The van der Waals surface area contributed by atoms with Gasteiger partial charge in [-0.1, -0.05) is 54.1 Å². The molecule has 1 aromatic heterocycles. The number of aromatic nitrogens is 1. The zero-order valence-electron chi connectivity index (χ0n) is 18.4. The van der Waals surface area contributed by atoms with Gasteiger partial charge in [-0.3, -0.25) is 10.1 Å². The van der Waals surface area contributed by atoms with Crippen molar-refractivity contribution in [1.82, 2.24) is 4.98 Å². The molecule has 1 N–H and O–H groups in total. The molecule has 0 saturated heterocycles. The van der Waals surface area contributed by atoms with Crippen molar-refractivity contribution in [3.8, 4) is 22.8 Å². The molecule has 1 amide bonds. The molecule has 1 heterocycles. The number of aryl methyl sites for hydroxylation is 1. The van der Waals surface area contributed by atoms with Crippen LogP contribution in [0, 0.1) is 6.92 Å². The van der Waals surface area contributed by atoms with Crippen molar-refractivity contribution in [3.05, 3.63) is 101 Å². The van der Waals surface area contributed by atoms with E-state index in [4.69, 9.17) is 9.47 Å². The van der Waals surface area contributed by atoms with E-state index >= 15 is 0 Å². The van der Waals surface area contributed by atoms with Crippen LogP contribution in [0.25, 0.3) is 17.3 Å². The summed E-state index contributed by atoms with van der Waals surface area (Å²) in [7, 11) is 1.63. The summed E-state index contributed by atoms with van der Waals surface area (Å²) >= 11 is 1.38. The number of benzene rings is 3. The molecule has 5 nitrogen and oxygen atoms in total. The highest BCUT2D eigenvalue weighted by Gasteiger charge is 2.07. The van der Waals surface area contributed by atoms with Gasteiger partial charge in [-0.25, -0.2) is 4.98 Å². The molecule has 3 aromatic carbocycles. The van der Waals surface area contributed by atoms with Crippen LogP contribution < -0.4 is 14.8 Å². The van der Waals surface area contributed by atoms with Gasteiger partial charge in [-0.2, -0.15) is 0 Å². The minimum absolute atomic E-state index is 0.235. The minimum Gasteiger partial charge on any atom is -0.497 e.